The Morgan fingerprint density at radius 3 is 2.19 bits per heavy atom. The van der Waals surface area contributed by atoms with Crippen molar-refractivity contribution < 1.29 is 28.7 Å². The topological polar surface area (TPSA) is 123 Å². The van der Waals surface area contributed by atoms with Gasteiger partial charge in [-0.05, 0) is 38.1 Å². The normalized spacial score (nSPS) is 10.1. The van der Waals surface area contributed by atoms with Crippen molar-refractivity contribution in [1.82, 2.24) is 10.9 Å². The fourth-order valence-corrected chi connectivity index (χ4v) is 1.82. The van der Waals surface area contributed by atoms with Gasteiger partial charge in [-0.1, -0.05) is 0 Å². The quantitative estimate of drug-likeness (QED) is 0.336. The molecule has 3 amide bonds. The fourth-order valence-electron chi connectivity index (χ4n) is 1.82. The summed E-state index contributed by atoms with van der Waals surface area (Å²) in [5, 5.41) is 2.65. The van der Waals surface area contributed by atoms with Gasteiger partial charge in [0.2, 0.25) is 11.8 Å². The van der Waals surface area contributed by atoms with Crippen LogP contribution in [-0.2, 0) is 23.9 Å². The zero-order chi connectivity index (χ0) is 20.1. The van der Waals surface area contributed by atoms with Crippen molar-refractivity contribution >= 4 is 29.4 Å². The molecule has 3 N–H and O–H groups in total. The second kappa shape index (κ2) is 12.1. The molecule has 0 saturated carbocycles. The van der Waals surface area contributed by atoms with Crippen LogP contribution >= 0.6 is 0 Å². The van der Waals surface area contributed by atoms with E-state index in [0.29, 0.717) is 18.0 Å². The Kier molecular flexibility index (Phi) is 9.69. The lowest BCUT2D eigenvalue weighted by atomic mass is 10.2. The zero-order valence-electron chi connectivity index (χ0n) is 15.2. The van der Waals surface area contributed by atoms with Crippen LogP contribution in [0.25, 0.3) is 0 Å². The summed E-state index contributed by atoms with van der Waals surface area (Å²) in [4.78, 5) is 45.9. The van der Waals surface area contributed by atoms with Crippen LogP contribution in [0.15, 0.2) is 36.4 Å². The molecule has 27 heavy (non-hydrogen) atoms. The van der Waals surface area contributed by atoms with Crippen LogP contribution in [0.3, 0.4) is 0 Å². The third-order valence-corrected chi connectivity index (χ3v) is 3.01. The van der Waals surface area contributed by atoms with E-state index >= 15 is 0 Å². The summed E-state index contributed by atoms with van der Waals surface area (Å²) in [6, 6.07) is 6.84. The van der Waals surface area contributed by atoms with Crippen LogP contribution in [0.5, 0.6) is 5.75 Å². The maximum Gasteiger partial charge on any atom is 0.330 e. The number of ether oxygens (including phenoxy) is 2. The molecule has 1 rings (SSSR count). The van der Waals surface area contributed by atoms with Crippen LogP contribution in [0.2, 0.25) is 0 Å². The smallest absolute Gasteiger partial charge is 0.330 e. The number of hydrazine groups is 1. The minimum Gasteiger partial charge on any atom is -0.494 e. The second-order valence-electron chi connectivity index (χ2n) is 5.13. The molecule has 9 nitrogen and oxygen atoms in total. The summed E-state index contributed by atoms with van der Waals surface area (Å²) in [6.45, 7) is 4.26. The number of hydrogen-bond acceptors (Lipinski definition) is 6. The van der Waals surface area contributed by atoms with Crippen molar-refractivity contribution in [3.8, 4) is 5.75 Å². The molecule has 0 aromatic heterocycles. The molecule has 0 aliphatic carbocycles. The highest BCUT2D eigenvalue weighted by Crippen LogP contribution is 2.15. The number of nitrogens with one attached hydrogen (secondary N) is 3. The van der Waals surface area contributed by atoms with Crippen LogP contribution in [0.4, 0.5) is 5.69 Å². The molecule has 1 aromatic rings. The van der Waals surface area contributed by atoms with Crippen LogP contribution in [-0.4, -0.2) is 36.9 Å². The van der Waals surface area contributed by atoms with E-state index in [0.717, 1.165) is 12.2 Å². The monoisotopic (exact) mass is 377 g/mol. The standard InChI is InChI=1S/C18H23N3O6/c1-3-26-14-7-5-13(6-8-14)19-15(22)9-10-16(23)20-21-17(24)11-12-18(25)27-4-2/h5-8,11-12H,3-4,9-10H2,1-2H3,(H,19,22)(H,20,23)(H,21,24). The van der Waals surface area contributed by atoms with Gasteiger partial charge in [0.15, 0.2) is 0 Å². The van der Waals surface area contributed by atoms with Gasteiger partial charge >= 0.3 is 5.97 Å². The Morgan fingerprint density at radius 2 is 1.56 bits per heavy atom. The Balaban J connectivity index is 2.27. The average molecular weight is 377 g/mol. The number of hydrogen-bond donors (Lipinski definition) is 3. The van der Waals surface area contributed by atoms with Gasteiger partial charge in [-0.15, -0.1) is 0 Å². The van der Waals surface area contributed by atoms with E-state index in [9.17, 15) is 19.2 Å². The number of carbonyl (C=O) groups excluding carboxylic acids is 4. The van der Waals surface area contributed by atoms with Gasteiger partial charge < -0.3 is 14.8 Å². The Labute approximate surface area is 157 Å². The molecule has 0 spiro atoms. The van der Waals surface area contributed by atoms with Crippen molar-refractivity contribution in [2.75, 3.05) is 18.5 Å². The lowest BCUT2D eigenvalue weighted by Gasteiger charge is -2.08. The van der Waals surface area contributed by atoms with Gasteiger partial charge in [0.05, 0.1) is 13.2 Å². The highest BCUT2D eigenvalue weighted by atomic mass is 16.5. The number of esters is 1. The number of benzene rings is 1. The summed E-state index contributed by atoms with van der Waals surface area (Å²) in [6.07, 6.45) is 1.68. The highest BCUT2D eigenvalue weighted by molar-refractivity contribution is 5.96. The second-order valence-corrected chi connectivity index (χ2v) is 5.13. The van der Waals surface area contributed by atoms with Gasteiger partial charge in [-0.25, -0.2) is 4.79 Å². The summed E-state index contributed by atoms with van der Waals surface area (Å²) in [7, 11) is 0. The fraction of sp³-hybridized carbons (Fsp3) is 0.333. The largest absolute Gasteiger partial charge is 0.494 e. The molecule has 9 heteroatoms. The third-order valence-electron chi connectivity index (χ3n) is 3.01. The maximum absolute atomic E-state index is 11.8. The summed E-state index contributed by atoms with van der Waals surface area (Å²) < 4.78 is 9.91. The minimum atomic E-state index is -0.699. The number of amides is 3. The average Bonchev–Trinajstić information content (AvgIpc) is 2.65. The molecule has 146 valence electrons. The SMILES string of the molecule is CCOC(=O)C=CC(=O)NNC(=O)CCC(=O)Nc1ccc(OCC)cc1. The van der Waals surface area contributed by atoms with Crippen molar-refractivity contribution in [1.29, 1.82) is 0 Å². The molecule has 0 radical (unpaired) electrons. The van der Waals surface area contributed by atoms with Crippen LogP contribution < -0.4 is 20.9 Å². The van der Waals surface area contributed by atoms with Crippen LogP contribution in [0.1, 0.15) is 26.7 Å². The number of anilines is 1. The van der Waals surface area contributed by atoms with E-state index < -0.39 is 17.8 Å². The van der Waals surface area contributed by atoms with Crippen molar-refractivity contribution in [3.05, 3.63) is 36.4 Å². The van der Waals surface area contributed by atoms with Gasteiger partial charge in [0.25, 0.3) is 5.91 Å². The molecule has 0 unspecified atom stereocenters. The predicted molar refractivity (Wildman–Crippen MR) is 97.5 cm³/mol. The van der Waals surface area contributed by atoms with Crippen LogP contribution in [0, 0.1) is 0 Å². The first kappa shape index (κ1) is 21.7. The van der Waals surface area contributed by atoms with E-state index in [1.807, 2.05) is 6.92 Å². The molecular formula is C18H23N3O6. The molecule has 0 bridgehead atoms. The van der Waals surface area contributed by atoms with Crippen molar-refractivity contribution in [2.24, 2.45) is 0 Å². The first-order valence-corrected chi connectivity index (χ1v) is 8.41. The van der Waals surface area contributed by atoms with Gasteiger partial charge in [0, 0.05) is 30.7 Å². The lowest BCUT2D eigenvalue weighted by molar-refractivity contribution is -0.137. The zero-order valence-corrected chi connectivity index (χ0v) is 15.2. The molecule has 0 aliphatic rings. The van der Waals surface area contributed by atoms with Gasteiger partial charge in [-0.3, -0.25) is 25.2 Å². The van der Waals surface area contributed by atoms with Gasteiger partial charge in [-0.2, -0.15) is 0 Å². The Hall–Kier alpha value is -3.36. The van der Waals surface area contributed by atoms with E-state index in [4.69, 9.17) is 4.74 Å². The van der Waals surface area contributed by atoms with Gasteiger partial charge in [0.1, 0.15) is 5.75 Å². The Morgan fingerprint density at radius 1 is 0.889 bits per heavy atom. The first-order valence-electron chi connectivity index (χ1n) is 8.41. The molecule has 0 fully saturated rings. The summed E-state index contributed by atoms with van der Waals surface area (Å²) in [5.41, 5.74) is 4.82. The van der Waals surface area contributed by atoms with E-state index in [2.05, 4.69) is 20.9 Å². The van der Waals surface area contributed by atoms with E-state index in [-0.39, 0.29) is 25.4 Å². The van der Waals surface area contributed by atoms with Crippen molar-refractivity contribution in [2.45, 2.75) is 26.7 Å². The lowest BCUT2D eigenvalue weighted by Crippen LogP contribution is -2.41. The number of carbonyl (C=O) groups is 4. The Bertz CT molecular complexity index is 685. The summed E-state index contributed by atoms with van der Waals surface area (Å²) >= 11 is 0. The molecule has 0 heterocycles. The van der Waals surface area contributed by atoms with E-state index in [1.165, 1.54) is 0 Å². The predicted octanol–water partition coefficient (Wildman–Crippen LogP) is 1.07. The molecule has 0 aliphatic heterocycles. The third kappa shape index (κ3) is 9.63. The van der Waals surface area contributed by atoms with Crippen molar-refractivity contribution in [3.63, 3.8) is 0 Å². The molecule has 0 atom stereocenters. The maximum atomic E-state index is 11.8. The highest BCUT2D eigenvalue weighted by Gasteiger charge is 2.08. The summed E-state index contributed by atoms with van der Waals surface area (Å²) in [5.74, 6) is -1.56. The minimum absolute atomic E-state index is 0.0619. The molecular weight excluding hydrogens is 354 g/mol. The molecule has 0 saturated heterocycles. The number of rotatable bonds is 9. The van der Waals surface area contributed by atoms with E-state index in [1.54, 1.807) is 31.2 Å². The first-order chi connectivity index (χ1) is 12.9. The molecule has 1 aromatic carbocycles.